The quantitative estimate of drug-likeness (QED) is 0.741. The maximum Gasteiger partial charge on any atom is 0.160 e. The molecule has 1 atom stereocenters. The van der Waals surface area contributed by atoms with Crippen molar-refractivity contribution >= 4 is 27.3 Å². The minimum atomic E-state index is 0.149. The minimum absolute atomic E-state index is 0.149. The zero-order valence-corrected chi connectivity index (χ0v) is 15.3. The Bertz CT molecular complexity index is 795. The molecule has 3 rings (SSSR count). The van der Waals surface area contributed by atoms with Gasteiger partial charge >= 0.3 is 0 Å². The van der Waals surface area contributed by atoms with Crippen LogP contribution in [0.1, 0.15) is 29.9 Å². The summed E-state index contributed by atoms with van der Waals surface area (Å²) in [6.45, 7) is 0. The molecular formula is C20H19BrO3. The van der Waals surface area contributed by atoms with Crippen LogP contribution in [0.25, 0.3) is 5.57 Å². The fraction of sp³-hybridized carbons (Fsp3) is 0.250. The lowest BCUT2D eigenvalue weighted by atomic mass is 9.81. The van der Waals surface area contributed by atoms with Crippen LogP contribution >= 0.6 is 15.9 Å². The maximum atomic E-state index is 12.2. The van der Waals surface area contributed by atoms with E-state index in [0.29, 0.717) is 17.9 Å². The summed E-state index contributed by atoms with van der Waals surface area (Å²) < 4.78 is 11.7. The van der Waals surface area contributed by atoms with E-state index in [-0.39, 0.29) is 11.7 Å². The highest BCUT2D eigenvalue weighted by molar-refractivity contribution is 9.10. The summed E-state index contributed by atoms with van der Waals surface area (Å²) >= 11 is 3.50. The molecule has 4 heteroatoms. The molecule has 0 aromatic heterocycles. The van der Waals surface area contributed by atoms with Crippen LogP contribution in [0.15, 0.2) is 53.0 Å². The monoisotopic (exact) mass is 386 g/mol. The van der Waals surface area contributed by atoms with Crippen LogP contribution in [0.4, 0.5) is 0 Å². The first-order valence-electron chi connectivity index (χ1n) is 7.82. The Morgan fingerprint density at radius 3 is 2.50 bits per heavy atom. The summed E-state index contributed by atoms with van der Waals surface area (Å²) in [6, 6.07) is 14.0. The van der Waals surface area contributed by atoms with E-state index in [2.05, 4.69) is 22.0 Å². The van der Waals surface area contributed by atoms with Crippen molar-refractivity contribution in [2.45, 2.75) is 18.8 Å². The number of benzene rings is 2. The van der Waals surface area contributed by atoms with Crippen molar-refractivity contribution in [3.8, 4) is 11.5 Å². The second-order valence-corrected chi connectivity index (χ2v) is 6.78. The van der Waals surface area contributed by atoms with E-state index in [1.165, 1.54) is 0 Å². The number of allylic oxidation sites excluding steroid dienone is 2. The lowest BCUT2D eigenvalue weighted by Crippen LogP contribution is -2.12. The molecule has 0 bridgehead atoms. The molecule has 0 spiro atoms. The predicted molar refractivity (Wildman–Crippen MR) is 98.6 cm³/mol. The highest BCUT2D eigenvalue weighted by atomic mass is 79.9. The van der Waals surface area contributed by atoms with Gasteiger partial charge in [0.2, 0.25) is 0 Å². The first-order chi connectivity index (χ1) is 11.6. The van der Waals surface area contributed by atoms with Gasteiger partial charge in [-0.25, -0.2) is 0 Å². The van der Waals surface area contributed by atoms with Crippen LogP contribution in [-0.2, 0) is 4.79 Å². The van der Waals surface area contributed by atoms with E-state index >= 15 is 0 Å². The summed E-state index contributed by atoms with van der Waals surface area (Å²) in [5.74, 6) is 1.71. The Labute approximate surface area is 150 Å². The topological polar surface area (TPSA) is 35.5 Å². The zero-order chi connectivity index (χ0) is 17.1. The van der Waals surface area contributed by atoms with Crippen molar-refractivity contribution in [2.24, 2.45) is 0 Å². The van der Waals surface area contributed by atoms with Crippen molar-refractivity contribution in [3.63, 3.8) is 0 Å². The van der Waals surface area contributed by atoms with E-state index in [0.717, 1.165) is 27.6 Å². The molecule has 0 amide bonds. The molecule has 0 saturated carbocycles. The van der Waals surface area contributed by atoms with Gasteiger partial charge < -0.3 is 9.47 Å². The second-order valence-electron chi connectivity index (χ2n) is 5.87. The van der Waals surface area contributed by atoms with Gasteiger partial charge in [-0.3, -0.25) is 4.79 Å². The van der Waals surface area contributed by atoms with E-state index in [1.54, 1.807) is 20.3 Å². The van der Waals surface area contributed by atoms with Crippen LogP contribution in [0, 0.1) is 0 Å². The molecule has 124 valence electrons. The van der Waals surface area contributed by atoms with Crippen molar-refractivity contribution in [2.75, 3.05) is 14.2 Å². The SMILES string of the molecule is COc1ccc([C@H]2CC(=O)C=C(c3cccc(Br)c3)C2)cc1OC. The van der Waals surface area contributed by atoms with Gasteiger partial charge in [0.15, 0.2) is 17.3 Å². The van der Waals surface area contributed by atoms with Crippen LogP contribution in [0.3, 0.4) is 0 Å². The largest absolute Gasteiger partial charge is 0.493 e. The van der Waals surface area contributed by atoms with Gasteiger partial charge in [-0.1, -0.05) is 34.1 Å². The average Bonchev–Trinajstić information content (AvgIpc) is 2.60. The molecular weight excluding hydrogens is 368 g/mol. The number of hydrogen-bond donors (Lipinski definition) is 0. The molecule has 0 unspecified atom stereocenters. The lowest BCUT2D eigenvalue weighted by Gasteiger charge is -2.23. The Hall–Kier alpha value is -2.07. The number of ether oxygens (including phenoxy) is 2. The van der Waals surface area contributed by atoms with E-state index < -0.39 is 0 Å². The molecule has 0 N–H and O–H groups in total. The Balaban J connectivity index is 1.91. The Morgan fingerprint density at radius 1 is 1.00 bits per heavy atom. The first kappa shape index (κ1) is 16.8. The van der Waals surface area contributed by atoms with Crippen LogP contribution in [-0.4, -0.2) is 20.0 Å². The van der Waals surface area contributed by atoms with Crippen molar-refractivity contribution < 1.29 is 14.3 Å². The van der Waals surface area contributed by atoms with Gasteiger partial charge in [0, 0.05) is 10.9 Å². The van der Waals surface area contributed by atoms with Crippen molar-refractivity contribution in [1.82, 2.24) is 0 Å². The van der Waals surface area contributed by atoms with Crippen LogP contribution < -0.4 is 9.47 Å². The molecule has 0 heterocycles. The van der Waals surface area contributed by atoms with E-state index in [9.17, 15) is 4.79 Å². The van der Waals surface area contributed by atoms with Crippen molar-refractivity contribution in [3.05, 3.63) is 64.1 Å². The molecule has 0 saturated heterocycles. The third-order valence-corrected chi connectivity index (χ3v) is 4.82. The molecule has 0 aliphatic heterocycles. The molecule has 0 radical (unpaired) electrons. The third kappa shape index (κ3) is 3.54. The standard InChI is InChI=1S/C20H19BrO3/c1-23-19-7-6-14(12-20(19)24-2)16-8-15(10-18(22)11-16)13-4-3-5-17(21)9-13/h3-7,9-10,12,16H,8,11H2,1-2H3/t16-/m1/s1. The summed E-state index contributed by atoms with van der Waals surface area (Å²) in [6.07, 6.45) is 3.13. The van der Waals surface area contributed by atoms with E-state index in [4.69, 9.17) is 9.47 Å². The first-order valence-corrected chi connectivity index (χ1v) is 8.61. The number of methoxy groups -OCH3 is 2. The van der Waals surface area contributed by atoms with Crippen LogP contribution in [0.2, 0.25) is 0 Å². The summed E-state index contributed by atoms with van der Waals surface area (Å²) in [4.78, 5) is 12.2. The molecule has 2 aromatic carbocycles. The molecule has 2 aromatic rings. The number of hydrogen-bond acceptors (Lipinski definition) is 3. The lowest BCUT2D eigenvalue weighted by molar-refractivity contribution is -0.115. The Kier molecular flexibility index (Phi) is 5.05. The number of carbonyl (C=O) groups is 1. The molecule has 1 aliphatic carbocycles. The molecule has 0 fully saturated rings. The van der Waals surface area contributed by atoms with Gasteiger partial charge in [-0.2, -0.15) is 0 Å². The average molecular weight is 387 g/mol. The number of carbonyl (C=O) groups excluding carboxylic acids is 1. The van der Waals surface area contributed by atoms with Gasteiger partial charge in [0.1, 0.15) is 0 Å². The minimum Gasteiger partial charge on any atom is -0.493 e. The molecule has 3 nitrogen and oxygen atoms in total. The highest BCUT2D eigenvalue weighted by Gasteiger charge is 2.24. The third-order valence-electron chi connectivity index (χ3n) is 4.32. The van der Waals surface area contributed by atoms with Gasteiger partial charge in [-0.15, -0.1) is 0 Å². The summed E-state index contributed by atoms with van der Waals surface area (Å²) in [7, 11) is 3.25. The Morgan fingerprint density at radius 2 is 1.79 bits per heavy atom. The highest BCUT2D eigenvalue weighted by Crippen LogP contribution is 2.39. The van der Waals surface area contributed by atoms with Gasteiger partial charge in [-0.05, 0) is 59.4 Å². The number of halogens is 1. The fourth-order valence-electron chi connectivity index (χ4n) is 3.12. The predicted octanol–water partition coefficient (Wildman–Crippen LogP) is 5.00. The maximum absolute atomic E-state index is 12.2. The van der Waals surface area contributed by atoms with Crippen LogP contribution in [0.5, 0.6) is 11.5 Å². The molecule has 24 heavy (non-hydrogen) atoms. The smallest absolute Gasteiger partial charge is 0.160 e. The summed E-state index contributed by atoms with van der Waals surface area (Å²) in [5, 5.41) is 0. The summed E-state index contributed by atoms with van der Waals surface area (Å²) in [5.41, 5.74) is 3.26. The van der Waals surface area contributed by atoms with Crippen molar-refractivity contribution in [1.29, 1.82) is 0 Å². The fourth-order valence-corrected chi connectivity index (χ4v) is 3.52. The van der Waals surface area contributed by atoms with E-state index in [1.807, 2.05) is 36.4 Å². The number of ketones is 1. The zero-order valence-electron chi connectivity index (χ0n) is 13.7. The molecule has 1 aliphatic rings. The van der Waals surface area contributed by atoms with Gasteiger partial charge in [0.05, 0.1) is 14.2 Å². The second kappa shape index (κ2) is 7.22. The van der Waals surface area contributed by atoms with Gasteiger partial charge in [0.25, 0.3) is 0 Å². The normalized spacial score (nSPS) is 17.4. The number of rotatable bonds is 4.